The number of carbonyl (C=O) groups excluding carboxylic acids is 1. The van der Waals surface area contributed by atoms with Crippen molar-refractivity contribution < 1.29 is 14.1 Å². The highest BCUT2D eigenvalue weighted by molar-refractivity contribution is 5.92. The van der Waals surface area contributed by atoms with Crippen molar-refractivity contribution in [3.8, 4) is 5.75 Å². The number of aryl methyl sites for hydroxylation is 2. The SMILES string of the molecule is Cc1noc(C)c1CC(=O)Nc1ccc(OCCN)cc1.Cl. The van der Waals surface area contributed by atoms with Gasteiger partial charge in [-0.3, -0.25) is 4.79 Å². The zero-order valence-corrected chi connectivity index (χ0v) is 13.4. The van der Waals surface area contributed by atoms with Gasteiger partial charge in [0, 0.05) is 17.8 Å². The first-order valence-corrected chi connectivity index (χ1v) is 6.74. The second kappa shape index (κ2) is 8.41. The minimum atomic E-state index is -0.111. The number of ether oxygens (including phenoxy) is 1. The van der Waals surface area contributed by atoms with Gasteiger partial charge in [-0.25, -0.2) is 0 Å². The van der Waals surface area contributed by atoms with Crippen molar-refractivity contribution in [3.05, 3.63) is 41.3 Å². The average molecular weight is 326 g/mol. The minimum absolute atomic E-state index is 0. The van der Waals surface area contributed by atoms with Gasteiger partial charge in [-0.15, -0.1) is 12.4 Å². The lowest BCUT2D eigenvalue weighted by Gasteiger charge is -2.07. The summed E-state index contributed by atoms with van der Waals surface area (Å²) in [6.07, 6.45) is 0.243. The predicted molar refractivity (Wildman–Crippen MR) is 86.6 cm³/mol. The molecule has 0 atom stereocenters. The maximum Gasteiger partial charge on any atom is 0.228 e. The molecule has 1 heterocycles. The third-order valence-electron chi connectivity index (χ3n) is 3.04. The van der Waals surface area contributed by atoms with Gasteiger partial charge in [0.05, 0.1) is 12.1 Å². The number of hydrogen-bond donors (Lipinski definition) is 2. The first-order valence-electron chi connectivity index (χ1n) is 6.74. The van der Waals surface area contributed by atoms with E-state index in [2.05, 4.69) is 10.5 Å². The molecule has 22 heavy (non-hydrogen) atoms. The molecule has 0 spiro atoms. The highest BCUT2D eigenvalue weighted by atomic mass is 35.5. The number of carbonyl (C=O) groups is 1. The molecule has 2 aromatic rings. The Balaban J connectivity index is 0.00000242. The number of hydrogen-bond acceptors (Lipinski definition) is 5. The molecule has 7 heteroatoms. The van der Waals surface area contributed by atoms with Gasteiger partial charge in [0.2, 0.25) is 5.91 Å². The molecule has 120 valence electrons. The van der Waals surface area contributed by atoms with Crippen LogP contribution >= 0.6 is 12.4 Å². The van der Waals surface area contributed by atoms with Crippen molar-refractivity contribution in [2.75, 3.05) is 18.5 Å². The van der Waals surface area contributed by atoms with Crippen LogP contribution < -0.4 is 15.8 Å². The lowest BCUT2D eigenvalue weighted by molar-refractivity contribution is -0.115. The van der Waals surface area contributed by atoms with Crippen LogP contribution in [0.2, 0.25) is 0 Å². The number of nitrogens with zero attached hydrogens (tertiary/aromatic N) is 1. The summed E-state index contributed by atoms with van der Waals surface area (Å²) in [6, 6.07) is 7.16. The van der Waals surface area contributed by atoms with Gasteiger partial charge in [0.1, 0.15) is 18.1 Å². The molecule has 0 fully saturated rings. The second-order valence-electron chi connectivity index (χ2n) is 4.69. The van der Waals surface area contributed by atoms with E-state index in [9.17, 15) is 4.79 Å². The summed E-state index contributed by atoms with van der Waals surface area (Å²) in [6.45, 7) is 4.56. The van der Waals surface area contributed by atoms with E-state index in [1.54, 1.807) is 31.2 Å². The van der Waals surface area contributed by atoms with Crippen LogP contribution in [0.4, 0.5) is 5.69 Å². The molecule has 1 amide bonds. The molecule has 2 rings (SSSR count). The third kappa shape index (κ3) is 4.75. The van der Waals surface area contributed by atoms with Crippen molar-refractivity contribution >= 4 is 24.0 Å². The molecular weight excluding hydrogens is 306 g/mol. The molecule has 1 aromatic heterocycles. The van der Waals surface area contributed by atoms with Gasteiger partial charge >= 0.3 is 0 Å². The topological polar surface area (TPSA) is 90.4 Å². The van der Waals surface area contributed by atoms with Gasteiger partial charge in [-0.05, 0) is 38.1 Å². The molecule has 0 aliphatic carbocycles. The zero-order chi connectivity index (χ0) is 15.2. The number of aromatic nitrogens is 1. The molecule has 0 bridgehead atoms. The van der Waals surface area contributed by atoms with Crippen LogP contribution in [-0.2, 0) is 11.2 Å². The van der Waals surface area contributed by atoms with Gasteiger partial charge in [-0.1, -0.05) is 5.16 Å². The summed E-state index contributed by atoms with van der Waals surface area (Å²) in [5.74, 6) is 1.29. The molecule has 0 saturated heterocycles. The van der Waals surface area contributed by atoms with Crippen LogP contribution in [0, 0.1) is 13.8 Å². The smallest absolute Gasteiger partial charge is 0.228 e. The molecule has 1 aromatic carbocycles. The number of amides is 1. The van der Waals surface area contributed by atoms with Crippen LogP contribution in [0.3, 0.4) is 0 Å². The van der Waals surface area contributed by atoms with Crippen molar-refractivity contribution in [1.82, 2.24) is 5.16 Å². The van der Waals surface area contributed by atoms with E-state index in [1.807, 2.05) is 6.92 Å². The Morgan fingerprint density at radius 2 is 2.00 bits per heavy atom. The third-order valence-corrected chi connectivity index (χ3v) is 3.04. The molecule has 0 saturated carbocycles. The Morgan fingerprint density at radius 1 is 1.32 bits per heavy atom. The van der Waals surface area contributed by atoms with Gasteiger partial charge in [-0.2, -0.15) is 0 Å². The van der Waals surface area contributed by atoms with E-state index >= 15 is 0 Å². The van der Waals surface area contributed by atoms with Crippen LogP contribution in [0.15, 0.2) is 28.8 Å². The Bertz CT molecular complexity index is 591. The minimum Gasteiger partial charge on any atom is -0.492 e. The maximum atomic E-state index is 12.0. The van der Waals surface area contributed by atoms with E-state index in [1.165, 1.54) is 0 Å². The normalized spacial score (nSPS) is 9.95. The summed E-state index contributed by atoms with van der Waals surface area (Å²) in [4.78, 5) is 12.0. The highest BCUT2D eigenvalue weighted by Gasteiger charge is 2.13. The van der Waals surface area contributed by atoms with Crippen molar-refractivity contribution in [3.63, 3.8) is 0 Å². The Labute approximate surface area is 135 Å². The molecular formula is C15H20ClN3O3. The van der Waals surface area contributed by atoms with E-state index < -0.39 is 0 Å². The number of nitrogens with two attached hydrogens (primary N) is 1. The van der Waals surface area contributed by atoms with Gasteiger partial charge in [0.15, 0.2) is 0 Å². The fourth-order valence-corrected chi connectivity index (χ4v) is 1.93. The number of nitrogens with one attached hydrogen (secondary N) is 1. The summed E-state index contributed by atoms with van der Waals surface area (Å²) in [7, 11) is 0. The fourth-order valence-electron chi connectivity index (χ4n) is 1.93. The standard InChI is InChI=1S/C15H19N3O3.ClH/c1-10-14(11(2)21-18-10)9-15(19)17-12-3-5-13(6-4-12)20-8-7-16;/h3-6H,7-9,16H2,1-2H3,(H,17,19);1H. The zero-order valence-electron chi connectivity index (χ0n) is 12.6. The molecule has 0 radical (unpaired) electrons. The molecule has 0 unspecified atom stereocenters. The van der Waals surface area contributed by atoms with Gasteiger partial charge < -0.3 is 20.3 Å². The number of rotatable bonds is 6. The van der Waals surface area contributed by atoms with Crippen LogP contribution in [-0.4, -0.2) is 24.2 Å². The first-order chi connectivity index (χ1) is 10.1. The van der Waals surface area contributed by atoms with Crippen LogP contribution in [0.5, 0.6) is 5.75 Å². The molecule has 6 nitrogen and oxygen atoms in total. The molecule has 0 aliphatic rings. The monoisotopic (exact) mass is 325 g/mol. The fraction of sp³-hybridized carbons (Fsp3) is 0.333. The Hall–Kier alpha value is -2.05. The summed E-state index contributed by atoms with van der Waals surface area (Å²) >= 11 is 0. The number of halogens is 1. The van der Waals surface area contributed by atoms with Crippen molar-refractivity contribution in [2.45, 2.75) is 20.3 Å². The predicted octanol–water partition coefficient (Wildman–Crippen LogP) is 2.23. The van der Waals surface area contributed by atoms with E-state index in [4.69, 9.17) is 15.0 Å². The number of anilines is 1. The molecule has 0 aliphatic heterocycles. The molecule has 3 N–H and O–H groups in total. The lowest BCUT2D eigenvalue weighted by Crippen LogP contribution is -2.15. The van der Waals surface area contributed by atoms with Crippen molar-refractivity contribution in [1.29, 1.82) is 0 Å². The summed E-state index contributed by atoms with van der Waals surface area (Å²) < 4.78 is 10.4. The van der Waals surface area contributed by atoms with E-state index in [0.29, 0.717) is 24.6 Å². The quantitative estimate of drug-likeness (QED) is 0.850. The maximum absolute atomic E-state index is 12.0. The Morgan fingerprint density at radius 3 is 2.55 bits per heavy atom. The second-order valence-corrected chi connectivity index (χ2v) is 4.69. The first kappa shape index (κ1) is 18.0. The largest absolute Gasteiger partial charge is 0.492 e. The van der Waals surface area contributed by atoms with Crippen LogP contribution in [0.1, 0.15) is 17.0 Å². The van der Waals surface area contributed by atoms with Gasteiger partial charge in [0.25, 0.3) is 0 Å². The van der Waals surface area contributed by atoms with Crippen molar-refractivity contribution in [2.24, 2.45) is 5.73 Å². The van der Waals surface area contributed by atoms with Crippen LogP contribution in [0.25, 0.3) is 0 Å². The summed E-state index contributed by atoms with van der Waals surface area (Å²) in [5.41, 5.74) is 7.65. The lowest BCUT2D eigenvalue weighted by atomic mass is 10.1. The Kier molecular flexibility index (Phi) is 6.88. The number of benzene rings is 1. The highest BCUT2D eigenvalue weighted by Crippen LogP contribution is 2.17. The average Bonchev–Trinajstić information content (AvgIpc) is 2.78. The summed E-state index contributed by atoms with van der Waals surface area (Å²) in [5, 5.41) is 6.66. The van der Waals surface area contributed by atoms with E-state index in [0.717, 1.165) is 17.0 Å². The van der Waals surface area contributed by atoms with E-state index in [-0.39, 0.29) is 24.7 Å².